The van der Waals surface area contributed by atoms with Crippen molar-refractivity contribution in [1.29, 1.82) is 0 Å². The molecule has 4 rings (SSSR count). The minimum atomic E-state index is -0.344. The van der Waals surface area contributed by atoms with Gasteiger partial charge in [-0.25, -0.2) is 4.98 Å². The Morgan fingerprint density at radius 3 is 2.73 bits per heavy atom. The second-order valence-corrected chi connectivity index (χ2v) is 6.71. The SMILES string of the molecule is Cc1cnc(C(=O)N2c3ccccc3CC2c2nc(C(C)C)no2)cn1. The number of hydrogen-bond donors (Lipinski definition) is 0. The van der Waals surface area contributed by atoms with E-state index in [0.717, 1.165) is 16.9 Å². The Balaban J connectivity index is 1.76. The Bertz CT molecular complexity index is 949. The number of amides is 1. The number of carbonyl (C=O) groups is 1. The summed E-state index contributed by atoms with van der Waals surface area (Å²) in [6, 6.07) is 7.46. The van der Waals surface area contributed by atoms with Gasteiger partial charge in [-0.15, -0.1) is 0 Å². The number of fused-ring (bicyclic) bond motifs is 1. The number of aryl methyl sites for hydroxylation is 1. The highest BCUT2D eigenvalue weighted by molar-refractivity contribution is 6.06. The second-order valence-electron chi connectivity index (χ2n) is 6.71. The lowest BCUT2D eigenvalue weighted by Gasteiger charge is -2.22. The van der Waals surface area contributed by atoms with Gasteiger partial charge in [0.1, 0.15) is 11.7 Å². The zero-order chi connectivity index (χ0) is 18.3. The lowest BCUT2D eigenvalue weighted by Crippen LogP contribution is -2.33. The van der Waals surface area contributed by atoms with Gasteiger partial charge in [-0.3, -0.25) is 14.7 Å². The predicted molar refractivity (Wildman–Crippen MR) is 94.9 cm³/mol. The molecule has 0 aliphatic carbocycles. The average Bonchev–Trinajstić information content (AvgIpc) is 3.26. The van der Waals surface area contributed by atoms with E-state index in [-0.39, 0.29) is 17.9 Å². The molecule has 26 heavy (non-hydrogen) atoms. The Labute approximate surface area is 151 Å². The molecular formula is C19H19N5O2. The molecule has 0 N–H and O–H groups in total. The molecule has 3 heterocycles. The molecular weight excluding hydrogens is 330 g/mol. The number of benzene rings is 1. The van der Waals surface area contributed by atoms with Crippen LogP contribution in [0.15, 0.2) is 41.2 Å². The third kappa shape index (κ3) is 2.75. The lowest BCUT2D eigenvalue weighted by molar-refractivity contribution is 0.0969. The van der Waals surface area contributed by atoms with Gasteiger partial charge in [0.25, 0.3) is 5.91 Å². The zero-order valence-electron chi connectivity index (χ0n) is 14.9. The maximum Gasteiger partial charge on any atom is 0.279 e. The van der Waals surface area contributed by atoms with Gasteiger partial charge in [0.05, 0.1) is 11.9 Å². The highest BCUT2D eigenvalue weighted by Gasteiger charge is 2.39. The summed E-state index contributed by atoms with van der Waals surface area (Å²) in [7, 11) is 0. The quantitative estimate of drug-likeness (QED) is 0.722. The largest absolute Gasteiger partial charge is 0.337 e. The van der Waals surface area contributed by atoms with Crippen LogP contribution >= 0.6 is 0 Å². The van der Waals surface area contributed by atoms with Gasteiger partial charge in [-0.2, -0.15) is 4.98 Å². The average molecular weight is 349 g/mol. The molecule has 1 atom stereocenters. The molecule has 1 aliphatic heterocycles. The van der Waals surface area contributed by atoms with Crippen LogP contribution in [-0.4, -0.2) is 26.0 Å². The fraction of sp³-hybridized carbons (Fsp3) is 0.316. The summed E-state index contributed by atoms with van der Waals surface area (Å²) in [5.41, 5.74) is 2.96. The van der Waals surface area contributed by atoms with E-state index in [1.165, 1.54) is 6.20 Å². The van der Waals surface area contributed by atoms with Crippen LogP contribution in [0.1, 0.15) is 59.3 Å². The van der Waals surface area contributed by atoms with Crippen molar-refractivity contribution in [1.82, 2.24) is 20.1 Å². The summed E-state index contributed by atoms with van der Waals surface area (Å²) in [6.45, 7) is 5.84. The molecule has 2 aromatic heterocycles. The van der Waals surface area contributed by atoms with Crippen molar-refractivity contribution in [2.75, 3.05) is 4.90 Å². The maximum atomic E-state index is 13.2. The van der Waals surface area contributed by atoms with E-state index in [9.17, 15) is 4.79 Å². The van der Waals surface area contributed by atoms with Gasteiger partial charge >= 0.3 is 0 Å². The van der Waals surface area contributed by atoms with Gasteiger partial charge in [0.2, 0.25) is 5.89 Å². The summed E-state index contributed by atoms with van der Waals surface area (Å²) < 4.78 is 5.49. The van der Waals surface area contributed by atoms with Gasteiger partial charge in [0, 0.05) is 24.2 Å². The minimum absolute atomic E-state index is 0.156. The first kappa shape index (κ1) is 16.4. The van der Waals surface area contributed by atoms with E-state index in [2.05, 4.69) is 20.1 Å². The monoisotopic (exact) mass is 349 g/mol. The molecule has 7 heteroatoms. The predicted octanol–water partition coefficient (Wildman–Crippen LogP) is 3.24. The van der Waals surface area contributed by atoms with Gasteiger partial charge in [-0.1, -0.05) is 37.2 Å². The smallest absolute Gasteiger partial charge is 0.279 e. The number of aromatic nitrogens is 4. The van der Waals surface area contributed by atoms with E-state index in [4.69, 9.17) is 4.52 Å². The van der Waals surface area contributed by atoms with Crippen LogP contribution in [0.25, 0.3) is 0 Å². The Kier molecular flexibility index (Phi) is 3.99. The maximum absolute atomic E-state index is 13.2. The van der Waals surface area contributed by atoms with Crippen LogP contribution < -0.4 is 4.90 Å². The second kappa shape index (κ2) is 6.33. The third-order valence-electron chi connectivity index (χ3n) is 4.45. The molecule has 0 saturated carbocycles. The Morgan fingerprint density at radius 1 is 1.23 bits per heavy atom. The first-order valence-electron chi connectivity index (χ1n) is 8.58. The molecule has 1 aromatic carbocycles. The fourth-order valence-electron chi connectivity index (χ4n) is 3.08. The molecule has 0 spiro atoms. The van der Waals surface area contributed by atoms with Crippen molar-refractivity contribution in [3.05, 3.63) is 65.3 Å². The number of carbonyl (C=O) groups excluding carboxylic acids is 1. The van der Waals surface area contributed by atoms with Crippen molar-refractivity contribution in [2.24, 2.45) is 0 Å². The van der Waals surface area contributed by atoms with Crippen molar-refractivity contribution in [3.63, 3.8) is 0 Å². The minimum Gasteiger partial charge on any atom is -0.337 e. The molecule has 1 amide bonds. The number of para-hydroxylation sites is 1. The molecule has 0 bridgehead atoms. The normalized spacial score (nSPS) is 16.2. The molecule has 3 aromatic rings. The standard InChI is InChI=1S/C19H19N5O2/c1-11(2)17-22-18(26-23-17)16-8-13-6-4-5-7-15(13)24(16)19(25)14-10-20-12(3)9-21-14/h4-7,9-11,16H,8H2,1-3H3. The summed E-state index contributed by atoms with van der Waals surface area (Å²) >= 11 is 0. The first-order valence-corrected chi connectivity index (χ1v) is 8.58. The Morgan fingerprint density at radius 2 is 2.04 bits per heavy atom. The molecule has 132 valence electrons. The number of hydrogen-bond acceptors (Lipinski definition) is 6. The van der Waals surface area contributed by atoms with E-state index in [1.54, 1.807) is 11.1 Å². The summed E-state index contributed by atoms with van der Waals surface area (Å²) in [5.74, 6) is 1.01. The van der Waals surface area contributed by atoms with Crippen LogP contribution in [0, 0.1) is 6.92 Å². The lowest BCUT2D eigenvalue weighted by atomic mass is 10.1. The topological polar surface area (TPSA) is 85.0 Å². The molecule has 1 unspecified atom stereocenters. The van der Waals surface area contributed by atoms with Crippen LogP contribution in [0.2, 0.25) is 0 Å². The molecule has 0 saturated heterocycles. The molecule has 0 radical (unpaired) electrons. The van der Waals surface area contributed by atoms with Crippen LogP contribution in [0.3, 0.4) is 0 Å². The number of rotatable bonds is 3. The van der Waals surface area contributed by atoms with E-state index < -0.39 is 0 Å². The van der Waals surface area contributed by atoms with Crippen molar-refractivity contribution >= 4 is 11.6 Å². The van der Waals surface area contributed by atoms with Crippen molar-refractivity contribution < 1.29 is 9.32 Å². The van der Waals surface area contributed by atoms with Gasteiger partial charge < -0.3 is 4.52 Å². The molecule has 0 fully saturated rings. The number of anilines is 1. The van der Waals surface area contributed by atoms with E-state index in [1.807, 2.05) is 45.0 Å². The van der Waals surface area contributed by atoms with Crippen LogP contribution in [0.5, 0.6) is 0 Å². The summed E-state index contributed by atoms with van der Waals surface area (Å²) in [5, 5.41) is 4.05. The summed E-state index contributed by atoms with van der Waals surface area (Å²) in [6.07, 6.45) is 3.72. The first-order chi connectivity index (χ1) is 12.5. The third-order valence-corrected chi connectivity index (χ3v) is 4.45. The summed E-state index contributed by atoms with van der Waals surface area (Å²) in [4.78, 5) is 27.8. The Hall–Kier alpha value is -3.09. The number of nitrogens with zero attached hydrogens (tertiary/aromatic N) is 5. The fourth-order valence-corrected chi connectivity index (χ4v) is 3.08. The van der Waals surface area contributed by atoms with Crippen LogP contribution in [0.4, 0.5) is 5.69 Å². The van der Waals surface area contributed by atoms with Crippen LogP contribution in [-0.2, 0) is 6.42 Å². The van der Waals surface area contributed by atoms with Crippen molar-refractivity contribution in [3.8, 4) is 0 Å². The molecule has 7 nitrogen and oxygen atoms in total. The zero-order valence-corrected chi connectivity index (χ0v) is 14.9. The molecule has 1 aliphatic rings. The van der Waals surface area contributed by atoms with Gasteiger partial charge in [0.15, 0.2) is 5.82 Å². The van der Waals surface area contributed by atoms with E-state index in [0.29, 0.717) is 23.8 Å². The van der Waals surface area contributed by atoms with Gasteiger partial charge in [-0.05, 0) is 18.6 Å². The van der Waals surface area contributed by atoms with Crippen molar-refractivity contribution in [2.45, 2.75) is 39.2 Å². The highest BCUT2D eigenvalue weighted by Crippen LogP contribution is 2.40. The van der Waals surface area contributed by atoms with E-state index >= 15 is 0 Å². The highest BCUT2D eigenvalue weighted by atomic mass is 16.5.